The third kappa shape index (κ3) is 2.17. The van der Waals surface area contributed by atoms with Crippen LogP contribution in [0.25, 0.3) is 4.96 Å². The molecule has 102 valence electrons. The first kappa shape index (κ1) is 12.4. The van der Waals surface area contributed by atoms with E-state index >= 15 is 0 Å². The Balaban J connectivity index is 1.82. The minimum absolute atomic E-state index is 0.00261. The summed E-state index contributed by atoms with van der Waals surface area (Å²) in [5.41, 5.74) is 0. The monoisotopic (exact) mass is 282 g/mol. The summed E-state index contributed by atoms with van der Waals surface area (Å²) in [6.45, 7) is 3.43. The van der Waals surface area contributed by atoms with Gasteiger partial charge < -0.3 is 20.2 Å². The highest BCUT2D eigenvalue weighted by atomic mass is 32.1. The quantitative estimate of drug-likeness (QED) is 0.686. The second-order valence-corrected chi connectivity index (χ2v) is 5.48. The summed E-state index contributed by atoms with van der Waals surface area (Å²) in [7, 11) is 0. The number of fused-ring (bicyclic) bond motifs is 1. The van der Waals surface area contributed by atoms with Crippen LogP contribution in [-0.4, -0.2) is 33.6 Å². The van der Waals surface area contributed by atoms with E-state index in [0.717, 1.165) is 13.0 Å². The molecule has 2 atom stereocenters. The van der Waals surface area contributed by atoms with Crippen molar-refractivity contribution in [2.24, 2.45) is 5.92 Å². The van der Waals surface area contributed by atoms with Crippen molar-refractivity contribution in [1.82, 2.24) is 9.38 Å². The molecular formula is C11H14N4O3S. The number of thiazole rings is 1. The fourth-order valence-corrected chi connectivity index (χ4v) is 3.05. The van der Waals surface area contributed by atoms with Crippen LogP contribution in [0.5, 0.6) is 0 Å². The van der Waals surface area contributed by atoms with Gasteiger partial charge in [-0.05, 0) is 18.3 Å². The number of imidazole rings is 1. The summed E-state index contributed by atoms with van der Waals surface area (Å²) in [5.74, 6) is 0.720. The fraction of sp³-hybridized carbons (Fsp3) is 0.545. The number of ether oxygens (including phenoxy) is 1. The summed E-state index contributed by atoms with van der Waals surface area (Å²) >= 11 is 1.38. The molecule has 2 unspecified atom stereocenters. The van der Waals surface area contributed by atoms with Gasteiger partial charge in [0.05, 0.1) is 6.10 Å². The molecule has 8 heteroatoms. The zero-order chi connectivity index (χ0) is 13.4. The van der Waals surface area contributed by atoms with Crippen LogP contribution < -0.4 is 5.32 Å². The van der Waals surface area contributed by atoms with E-state index in [1.807, 2.05) is 6.92 Å². The Bertz CT molecular complexity index is 608. The Labute approximate surface area is 113 Å². The Morgan fingerprint density at radius 2 is 2.58 bits per heavy atom. The molecule has 2 aromatic heterocycles. The molecule has 3 heterocycles. The Morgan fingerprint density at radius 1 is 1.74 bits per heavy atom. The third-order valence-electron chi connectivity index (χ3n) is 3.47. The number of hydrogen-bond donors (Lipinski definition) is 1. The van der Waals surface area contributed by atoms with Crippen LogP contribution >= 0.6 is 11.3 Å². The van der Waals surface area contributed by atoms with Gasteiger partial charge in [-0.1, -0.05) is 11.3 Å². The van der Waals surface area contributed by atoms with Crippen molar-refractivity contribution in [2.75, 3.05) is 18.5 Å². The lowest BCUT2D eigenvalue weighted by molar-refractivity contribution is -0.389. The van der Waals surface area contributed by atoms with Gasteiger partial charge in [-0.15, -0.1) is 0 Å². The van der Waals surface area contributed by atoms with Crippen molar-refractivity contribution >= 4 is 27.9 Å². The van der Waals surface area contributed by atoms with Gasteiger partial charge in [0.25, 0.3) is 4.96 Å². The van der Waals surface area contributed by atoms with Crippen LogP contribution in [0.4, 0.5) is 11.6 Å². The van der Waals surface area contributed by atoms with Crippen molar-refractivity contribution in [3.05, 3.63) is 21.7 Å². The van der Waals surface area contributed by atoms with E-state index in [1.54, 1.807) is 11.6 Å². The van der Waals surface area contributed by atoms with Crippen molar-refractivity contribution in [1.29, 1.82) is 0 Å². The lowest BCUT2D eigenvalue weighted by atomic mass is 10.0. The van der Waals surface area contributed by atoms with Crippen LogP contribution in [0.1, 0.15) is 13.3 Å². The van der Waals surface area contributed by atoms with E-state index in [2.05, 4.69) is 10.3 Å². The largest absolute Gasteiger partial charge is 0.378 e. The SMILES string of the molecule is CC1OCCC1CNc1nc2sccn2c1[N+](=O)[O-]. The molecule has 0 saturated carbocycles. The topological polar surface area (TPSA) is 81.7 Å². The molecule has 1 saturated heterocycles. The minimum Gasteiger partial charge on any atom is -0.378 e. The first-order valence-corrected chi connectivity index (χ1v) is 7.00. The molecule has 1 N–H and O–H groups in total. The van der Waals surface area contributed by atoms with Gasteiger partial charge in [0.2, 0.25) is 5.82 Å². The summed E-state index contributed by atoms with van der Waals surface area (Å²) < 4.78 is 6.98. The van der Waals surface area contributed by atoms with E-state index in [-0.39, 0.29) is 11.9 Å². The second-order valence-electron chi connectivity index (χ2n) is 4.60. The van der Waals surface area contributed by atoms with Gasteiger partial charge in [-0.25, -0.2) is 0 Å². The highest BCUT2D eigenvalue weighted by Crippen LogP contribution is 2.29. The molecule has 2 aromatic rings. The average molecular weight is 282 g/mol. The standard InChI is InChI=1S/C11H14N4O3S/c1-7-8(2-4-18-7)6-12-9-10(15(16)17)14-3-5-19-11(14)13-9/h3,5,7-8,12H,2,4,6H2,1H3. The number of hydrogen-bond acceptors (Lipinski definition) is 6. The van der Waals surface area contributed by atoms with E-state index in [1.165, 1.54) is 15.7 Å². The summed E-state index contributed by atoms with van der Waals surface area (Å²) in [6, 6.07) is 0. The minimum atomic E-state index is -0.399. The molecule has 19 heavy (non-hydrogen) atoms. The molecule has 0 aliphatic carbocycles. The number of nitrogens with one attached hydrogen (secondary N) is 1. The molecule has 0 spiro atoms. The summed E-state index contributed by atoms with van der Waals surface area (Å²) in [5, 5.41) is 16.0. The maximum atomic E-state index is 11.1. The highest BCUT2D eigenvalue weighted by molar-refractivity contribution is 7.15. The van der Waals surface area contributed by atoms with Crippen molar-refractivity contribution in [2.45, 2.75) is 19.4 Å². The first-order chi connectivity index (χ1) is 9.16. The van der Waals surface area contributed by atoms with E-state index in [0.29, 0.717) is 23.2 Å². The molecule has 0 aromatic carbocycles. The van der Waals surface area contributed by atoms with Crippen molar-refractivity contribution in [3.63, 3.8) is 0 Å². The second kappa shape index (κ2) is 4.78. The summed E-state index contributed by atoms with van der Waals surface area (Å²) in [6.07, 6.45) is 2.83. The Kier molecular flexibility index (Phi) is 3.11. The molecular weight excluding hydrogens is 268 g/mol. The molecule has 0 amide bonds. The van der Waals surface area contributed by atoms with Gasteiger partial charge in [0.15, 0.2) is 0 Å². The van der Waals surface area contributed by atoms with Crippen molar-refractivity contribution in [3.8, 4) is 0 Å². The van der Waals surface area contributed by atoms with Gasteiger partial charge in [-0.3, -0.25) is 0 Å². The number of anilines is 1. The molecule has 0 radical (unpaired) electrons. The van der Waals surface area contributed by atoms with Gasteiger partial charge in [0.1, 0.15) is 6.20 Å². The fourth-order valence-electron chi connectivity index (χ4n) is 2.34. The van der Waals surface area contributed by atoms with Gasteiger partial charge in [0, 0.05) is 24.4 Å². The number of aromatic nitrogens is 2. The van der Waals surface area contributed by atoms with Gasteiger partial charge >= 0.3 is 5.82 Å². The van der Waals surface area contributed by atoms with E-state index in [4.69, 9.17) is 4.74 Å². The van der Waals surface area contributed by atoms with Crippen LogP contribution in [0.15, 0.2) is 11.6 Å². The predicted octanol–water partition coefficient (Wildman–Crippen LogP) is 2.14. The third-order valence-corrected chi connectivity index (χ3v) is 4.23. The number of nitrogens with zero attached hydrogens (tertiary/aromatic N) is 3. The number of rotatable bonds is 4. The lowest BCUT2D eigenvalue weighted by Crippen LogP contribution is -2.21. The maximum Gasteiger partial charge on any atom is 0.372 e. The average Bonchev–Trinajstić information content (AvgIpc) is 3.00. The molecule has 3 rings (SSSR count). The van der Waals surface area contributed by atoms with Crippen LogP contribution in [0, 0.1) is 16.0 Å². The maximum absolute atomic E-state index is 11.1. The first-order valence-electron chi connectivity index (χ1n) is 6.12. The normalized spacial score (nSPS) is 23.0. The van der Waals surface area contributed by atoms with Crippen LogP contribution in [0.3, 0.4) is 0 Å². The smallest absolute Gasteiger partial charge is 0.372 e. The molecule has 0 bridgehead atoms. The molecule has 7 nitrogen and oxygen atoms in total. The number of nitro groups is 1. The highest BCUT2D eigenvalue weighted by Gasteiger charge is 2.27. The molecule has 1 aliphatic heterocycles. The van der Waals surface area contributed by atoms with Gasteiger partial charge in [-0.2, -0.15) is 9.38 Å². The van der Waals surface area contributed by atoms with Crippen LogP contribution in [0.2, 0.25) is 0 Å². The lowest BCUT2D eigenvalue weighted by Gasteiger charge is -2.13. The Hall–Kier alpha value is -1.67. The summed E-state index contributed by atoms with van der Waals surface area (Å²) in [4.78, 5) is 15.6. The zero-order valence-electron chi connectivity index (χ0n) is 10.4. The van der Waals surface area contributed by atoms with E-state index < -0.39 is 4.92 Å². The Morgan fingerprint density at radius 3 is 3.26 bits per heavy atom. The molecule has 1 fully saturated rings. The van der Waals surface area contributed by atoms with E-state index in [9.17, 15) is 10.1 Å². The van der Waals surface area contributed by atoms with Crippen molar-refractivity contribution < 1.29 is 9.66 Å². The zero-order valence-corrected chi connectivity index (χ0v) is 11.2. The molecule has 1 aliphatic rings. The van der Waals surface area contributed by atoms with Crippen LogP contribution in [-0.2, 0) is 4.74 Å². The predicted molar refractivity (Wildman–Crippen MR) is 71.7 cm³/mol.